The number of aryl methyl sites for hydroxylation is 1. The first-order valence-corrected chi connectivity index (χ1v) is 8.57. The number of hydrogen-bond donors (Lipinski definition) is 2. The first kappa shape index (κ1) is 16.3. The standard InChI is InChI=1S/C16H28N4S/c1-11(2)20-9-12(3)15(10-20)19-16(17-5)18-8-14-7-6-13(4)21-14/h6-7,11-12,15H,8-10H2,1-5H3,(H2,17,18,19). The Kier molecular flexibility index (Phi) is 5.65. The van der Waals surface area contributed by atoms with Crippen molar-refractivity contribution in [2.24, 2.45) is 10.9 Å². The summed E-state index contributed by atoms with van der Waals surface area (Å²) in [5.74, 6) is 1.55. The molecule has 0 bridgehead atoms. The van der Waals surface area contributed by atoms with E-state index in [1.54, 1.807) is 0 Å². The largest absolute Gasteiger partial charge is 0.352 e. The van der Waals surface area contributed by atoms with Crippen LogP contribution in [0.5, 0.6) is 0 Å². The summed E-state index contributed by atoms with van der Waals surface area (Å²) in [5.41, 5.74) is 0. The summed E-state index contributed by atoms with van der Waals surface area (Å²) >= 11 is 1.83. The zero-order valence-corrected chi connectivity index (χ0v) is 14.6. The molecule has 1 aliphatic heterocycles. The molecule has 2 heterocycles. The van der Waals surface area contributed by atoms with Gasteiger partial charge in [-0.3, -0.25) is 9.89 Å². The molecule has 0 saturated carbocycles. The smallest absolute Gasteiger partial charge is 0.191 e. The van der Waals surface area contributed by atoms with Crippen LogP contribution in [-0.4, -0.2) is 43.1 Å². The fourth-order valence-corrected chi connectivity index (χ4v) is 3.57. The summed E-state index contributed by atoms with van der Waals surface area (Å²) in [7, 11) is 1.84. The van der Waals surface area contributed by atoms with Crippen molar-refractivity contribution in [3.63, 3.8) is 0 Å². The molecule has 0 aromatic carbocycles. The normalized spacial score (nSPS) is 23.8. The van der Waals surface area contributed by atoms with Crippen molar-refractivity contribution in [3.8, 4) is 0 Å². The van der Waals surface area contributed by atoms with E-state index in [2.05, 4.69) is 60.4 Å². The highest BCUT2D eigenvalue weighted by Crippen LogP contribution is 2.18. The third kappa shape index (κ3) is 4.45. The van der Waals surface area contributed by atoms with Crippen molar-refractivity contribution in [1.29, 1.82) is 0 Å². The van der Waals surface area contributed by atoms with Crippen molar-refractivity contribution in [3.05, 3.63) is 21.9 Å². The van der Waals surface area contributed by atoms with E-state index >= 15 is 0 Å². The van der Waals surface area contributed by atoms with Crippen LogP contribution in [0, 0.1) is 12.8 Å². The summed E-state index contributed by atoms with van der Waals surface area (Å²) < 4.78 is 0. The Morgan fingerprint density at radius 3 is 2.71 bits per heavy atom. The van der Waals surface area contributed by atoms with Gasteiger partial charge in [0.25, 0.3) is 0 Å². The second-order valence-electron chi connectivity index (χ2n) is 6.21. The third-order valence-corrected chi connectivity index (χ3v) is 5.14. The number of likely N-dealkylation sites (tertiary alicyclic amines) is 1. The van der Waals surface area contributed by atoms with E-state index in [-0.39, 0.29) is 0 Å². The molecular formula is C16H28N4S. The number of nitrogens with zero attached hydrogens (tertiary/aromatic N) is 2. The average Bonchev–Trinajstić information content (AvgIpc) is 3.01. The van der Waals surface area contributed by atoms with E-state index in [9.17, 15) is 0 Å². The van der Waals surface area contributed by atoms with Crippen LogP contribution in [0.25, 0.3) is 0 Å². The number of rotatable bonds is 4. The van der Waals surface area contributed by atoms with Gasteiger partial charge in [-0.2, -0.15) is 0 Å². The maximum absolute atomic E-state index is 4.36. The molecule has 1 fully saturated rings. The Labute approximate surface area is 132 Å². The molecule has 0 radical (unpaired) electrons. The molecule has 1 aliphatic rings. The van der Waals surface area contributed by atoms with E-state index in [0.29, 0.717) is 18.0 Å². The summed E-state index contributed by atoms with van der Waals surface area (Å²) in [4.78, 5) is 9.58. The predicted molar refractivity (Wildman–Crippen MR) is 92.1 cm³/mol. The fourth-order valence-electron chi connectivity index (χ4n) is 2.74. The number of thiophene rings is 1. The van der Waals surface area contributed by atoms with Gasteiger partial charge in [-0.15, -0.1) is 11.3 Å². The minimum atomic E-state index is 0.476. The van der Waals surface area contributed by atoms with Gasteiger partial charge < -0.3 is 10.6 Å². The molecule has 1 saturated heterocycles. The van der Waals surface area contributed by atoms with Gasteiger partial charge in [0.1, 0.15) is 0 Å². The molecule has 5 heteroatoms. The molecule has 2 N–H and O–H groups in total. The van der Waals surface area contributed by atoms with Gasteiger partial charge in [0, 0.05) is 42.0 Å². The van der Waals surface area contributed by atoms with Crippen LogP contribution in [0.2, 0.25) is 0 Å². The molecule has 21 heavy (non-hydrogen) atoms. The van der Waals surface area contributed by atoms with Crippen LogP contribution in [0.3, 0.4) is 0 Å². The van der Waals surface area contributed by atoms with Gasteiger partial charge in [0.2, 0.25) is 0 Å². The highest BCUT2D eigenvalue weighted by molar-refractivity contribution is 7.11. The summed E-state index contributed by atoms with van der Waals surface area (Å²) in [5, 5.41) is 7.00. The third-order valence-electron chi connectivity index (χ3n) is 4.14. The quantitative estimate of drug-likeness (QED) is 0.663. The zero-order valence-electron chi connectivity index (χ0n) is 13.8. The van der Waals surface area contributed by atoms with Gasteiger partial charge in [-0.25, -0.2) is 0 Å². The summed E-state index contributed by atoms with van der Waals surface area (Å²) in [6.07, 6.45) is 0. The Morgan fingerprint density at radius 1 is 1.43 bits per heavy atom. The van der Waals surface area contributed by atoms with Crippen LogP contribution < -0.4 is 10.6 Å². The van der Waals surface area contributed by atoms with Crippen LogP contribution in [-0.2, 0) is 6.54 Å². The van der Waals surface area contributed by atoms with Gasteiger partial charge in [0.05, 0.1) is 6.54 Å². The Morgan fingerprint density at radius 2 is 2.19 bits per heavy atom. The van der Waals surface area contributed by atoms with E-state index in [0.717, 1.165) is 25.6 Å². The first-order valence-electron chi connectivity index (χ1n) is 7.76. The number of guanidine groups is 1. The van der Waals surface area contributed by atoms with Gasteiger partial charge in [-0.1, -0.05) is 6.92 Å². The molecule has 0 amide bonds. The maximum atomic E-state index is 4.36. The fraction of sp³-hybridized carbons (Fsp3) is 0.688. The van der Waals surface area contributed by atoms with E-state index in [4.69, 9.17) is 0 Å². The van der Waals surface area contributed by atoms with Crippen molar-refractivity contribution >= 4 is 17.3 Å². The number of hydrogen-bond acceptors (Lipinski definition) is 3. The minimum Gasteiger partial charge on any atom is -0.352 e. The molecule has 2 atom stereocenters. The molecule has 0 spiro atoms. The average molecular weight is 308 g/mol. The summed E-state index contributed by atoms with van der Waals surface area (Å²) in [6, 6.07) is 5.43. The van der Waals surface area contributed by atoms with Crippen molar-refractivity contribution < 1.29 is 0 Å². The Bertz CT molecular complexity index is 480. The van der Waals surface area contributed by atoms with Crippen molar-refractivity contribution in [2.45, 2.75) is 46.3 Å². The van der Waals surface area contributed by atoms with Gasteiger partial charge in [-0.05, 0) is 38.8 Å². The van der Waals surface area contributed by atoms with Crippen LogP contribution in [0.4, 0.5) is 0 Å². The minimum absolute atomic E-state index is 0.476. The first-order chi connectivity index (χ1) is 9.99. The zero-order chi connectivity index (χ0) is 15.4. The van der Waals surface area contributed by atoms with Gasteiger partial charge in [0.15, 0.2) is 5.96 Å². The number of nitrogens with one attached hydrogen (secondary N) is 2. The highest BCUT2D eigenvalue weighted by atomic mass is 32.1. The van der Waals surface area contributed by atoms with E-state index in [1.165, 1.54) is 9.75 Å². The molecule has 1 aromatic rings. The van der Waals surface area contributed by atoms with Crippen molar-refractivity contribution in [1.82, 2.24) is 15.5 Å². The molecular weight excluding hydrogens is 280 g/mol. The highest BCUT2D eigenvalue weighted by Gasteiger charge is 2.31. The topological polar surface area (TPSA) is 39.7 Å². The molecule has 2 unspecified atom stereocenters. The Hall–Kier alpha value is -1.07. The van der Waals surface area contributed by atoms with Crippen LogP contribution in [0.15, 0.2) is 17.1 Å². The lowest BCUT2D eigenvalue weighted by molar-refractivity contribution is 0.265. The lowest BCUT2D eigenvalue weighted by atomic mass is 10.1. The molecule has 4 nitrogen and oxygen atoms in total. The summed E-state index contributed by atoms with van der Waals surface area (Å²) in [6.45, 7) is 12.1. The van der Waals surface area contributed by atoms with Crippen LogP contribution >= 0.6 is 11.3 Å². The number of aliphatic imine (C=N–C) groups is 1. The molecule has 2 rings (SSSR count). The van der Waals surface area contributed by atoms with Crippen molar-refractivity contribution in [2.75, 3.05) is 20.1 Å². The predicted octanol–water partition coefficient (Wildman–Crippen LogP) is 2.45. The molecule has 1 aromatic heterocycles. The van der Waals surface area contributed by atoms with E-state index < -0.39 is 0 Å². The second-order valence-corrected chi connectivity index (χ2v) is 7.59. The molecule has 0 aliphatic carbocycles. The van der Waals surface area contributed by atoms with Crippen LogP contribution in [0.1, 0.15) is 30.5 Å². The molecule has 118 valence electrons. The van der Waals surface area contributed by atoms with Gasteiger partial charge >= 0.3 is 0 Å². The SMILES string of the molecule is CN=C(NCc1ccc(C)s1)NC1CN(C(C)C)CC1C. The second kappa shape index (κ2) is 7.27. The Balaban J connectivity index is 1.85. The lowest BCUT2D eigenvalue weighted by Crippen LogP contribution is -2.46. The lowest BCUT2D eigenvalue weighted by Gasteiger charge is -2.21. The van der Waals surface area contributed by atoms with E-state index in [1.807, 2.05) is 18.4 Å². The maximum Gasteiger partial charge on any atom is 0.191 e. The monoisotopic (exact) mass is 308 g/mol.